The second-order valence-corrected chi connectivity index (χ2v) is 13.0. The standard InChI is InChI=1S/C29H28F2N4O8S2/c30-28(31)43-21-8-3-1-6-18(21)16-45(39,40)17-20(33-29(38)35-11-13-41-14-12-35)26(37)34-24(23-10-5-15-44-23)25(36)27-32-19-7-2-4-9-22(19)42-27/h1-10,15,20,24,28H,11-14,16-17H2,(H,33,38)(H,34,37)/t20-,24?/m0/s1. The van der Waals surface area contributed by atoms with E-state index < -0.39 is 57.8 Å². The lowest BCUT2D eigenvalue weighted by Crippen LogP contribution is -2.56. The second kappa shape index (κ2) is 14.1. The number of para-hydroxylation sites is 3. The van der Waals surface area contributed by atoms with Crippen LogP contribution in [0, 0.1) is 0 Å². The lowest BCUT2D eigenvalue weighted by Gasteiger charge is -2.29. The van der Waals surface area contributed by atoms with Crippen LogP contribution in [-0.2, 0) is 25.1 Å². The van der Waals surface area contributed by atoms with Gasteiger partial charge in [-0.2, -0.15) is 8.78 Å². The Morgan fingerprint density at radius 2 is 1.73 bits per heavy atom. The number of sulfone groups is 1. The second-order valence-electron chi connectivity index (χ2n) is 9.95. The van der Waals surface area contributed by atoms with Crippen LogP contribution >= 0.6 is 11.3 Å². The van der Waals surface area contributed by atoms with Gasteiger partial charge in [-0.3, -0.25) is 9.59 Å². The normalized spacial score (nSPS) is 15.0. The molecule has 5 rings (SSSR count). The molecule has 1 saturated heterocycles. The number of alkyl halides is 2. The number of nitrogens with zero attached hydrogens (tertiary/aromatic N) is 2. The molecule has 0 aliphatic carbocycles. The largest absolute Gasteiger partial charge is 0.435 e. The summed E-state index contributed by atoms with van der Waals surface area (Å²) in [6.45, 7) is -2.27. The highest BCUT2D eigenvalue weighted by atomic mass is 32.2. The molecule has 0 radical (unpaired) electrons. The molecule has 1 unspecified atom stereocenters. The summed E-state index contributed by atoms with van der Waals surface area (Å²) in [7, 11) is -4.25. The Morgan fingerprint density at radius 3 is 2.44 bits per heavy atom. The molecule has 2 N–H and O–H groups in total. The Morgan fingerprint density at radius 1 is 1.00 bits per heavy atom. The van der Waals surface area contributed by atoms with Gasteiger partial charge in [-0.05, 0) is 29.6 Å². The molecular weight excluding hydrogens is 634 g/mol. The number of Topliss-reactive ketones (excluding diaryl/α,β-unsaturated/α-hetero) is 1. The van der Waals surface area contributed by atoms with Crippen LogP contribution in [0.1, 0.15) is 27.2 Å². The third-order valence-electron chi connectivity index (χ3n) is 6.78. The number of hydrogen-bond acceptors (Lipinski definition) is 10. The Balaban J connectivity index is 1.41. The molecule has 2 aromatic carbocycles. The van der Waals surface area contributed by atoms with Gasteiger partial charge in [0.2, 0.25) is 11.7 Å². The van der Waals surface area contributed by atoms with Crippen molar-refractivity contribution in [3.8, 4) is 5.75 Å². The van der Waals surface area contributed by atoms with E-state index in [1.54, 1.807) is 41.8 Å². The number of hydrogen-bond donors (Lipinski definition) is 2. The lowest BCUT2D eigenvalue weighted by atomic mass is 10.1. The van der Waals surface area contributed by atoms with Gasteiger partial charge in [0.25, 0.3) is 5.89 Å². The summed E-state index contributed by atoms with van der Waals surface area (Å²) in [4.78, 5) is 46.5. The molecule has 0 saturated carbocycles. The molecule has 0 bridgehead atoms. The van der Waals surface area contributed by atoms with E-state index in [4.69, 9.17) is 9.15 Å². The number of amides is 3. The van der Waals surface area contributed by atoms with Crippen molar-refractivity contribution >= 4 is 50.0 Å². The number of oxazole rings is 1. The molecule has 0 spiro atoms. The Bertz CT molecular complexity index is 1730. The minimum atomic E-state index is -4.25. The van der Waals surface area contributed by atoms with Crippen molar-refractivity contribution < 1.29 is 45.5 Å². The third kappa shape index (κ3) is 8.20. The maximum atomic E-state index is 13.8. The van der Waals surface area contributed by atoms with Gasteiger partial charge in [0.15, 0.2) is 15.4 Å². The van der Waals surface area contributed by atoms with Gasteiger partial charge < -0.3 is 29.4 Å². The number of ketones is 1. The van der Waals surface area contributed by atoms with E-state index in [1.165, 1.54) is 29.2 Å². The van der Waals surface area contributed by atoms with Crippen molar-refractivity contribution in [1.29, 1.82) is 0 Å². The summed E-state index contributed by atoms with van der Waals surface area (Å²) in [5.74, 6) is -3.94. The average Bonchev–Trinajstić information content (AvgIpc) is 3.71. The van der Waals surface area contributed by atoms with E-state index in [-0.39, 0.29) is 43.5 Å². The number of carbonyl (C=O) groups excluding carboxylic acids is 3. The average molecular weight is 663 g/mol. The Hall–Kier alpha value is -4.41. The predicted octanol–water partition coefficient (Wildman–Crippen LogP) is 3.56. The number of aromatic nitrogens is 1. The highest BCUT2D eigenvalue weighted by Gasteiger charge is 2.35. The molecule has 1 aliphatic rings. The van der Waals surface area contributed by atoms with Crippen molar-refractivity contribution in [1.82, 2.24) is 20.5 Å². The fraction of sp³-hybridized carbons (Fsp3) is 0.310. The van der Waals surface area contributed by atoms with Gasteiger partial charge in [-0.25, -0.2) is 18.2 Å². The lowest BCUT2D eigenvalue weighted by molar-refractivity contribution is -0.123. The first-order valence-electron chi connectivity index (χ1n) is 13.7. The van der Waals surface area contributed by atoms with Crippen LogP contribution in [0.25, 0.3) is 11.1 Å². The molecule has 2 atom stereocenters. The highest BCUT2D eigenvalue weighted by molar-refractivity contribution is 7.90. The van der Waals surface area contributed by atoms with E-state index in [0.29, 0.717) is 16.0 Å². The van der Waals surface area contributed by atoms with Crippen LogP contribution in [0.3, 0.4) is 0 Å². The quantitative estimate of drug-likeness (QED) is 0.217. The van der Waals surface area contributed by atoms with Crippen molar-refractivity contribution in [3.05, 3.63) is 82.4 Å². The molecular formula is C29H28F2N4O8S2. The van der Waals surface area contributed by atoms with Crippen LogP contribution in [0.15, 0.2) is 70.5 Å². The first-order valence-corrected chi connectivity index (χ1v) is 16.4. The number of ether oxygens (including phenoxy) is 2. The summed E-state index contributed by atoms with van der Waals surface area (Å²) >= 11 is 1.16. The third-order valence-corrected chi connectivity index (χ3v) is 9.31. The van der Waals surface area contributed by atoms with Crippen LogP contribution in [0.2, 0.25) is 0 Å². The summed E-state index contributed by atoms with van der Waals surface area (Å²) in [5.41, 5.74) is 0.726. The Kier molecular flexibility index (Phi) is 10.0. The SMILES string of the molecule is O=C(c1nc2ccccc2o1)C(NC(=O)[C@H](CS(=O)(=O)Cc1ccccc1OC(F)F)NC(=O)N1CCOCC1)c1cccs1. The summed E-state index contributed by atoms with van der Waals surface area (Å²) in [5, 5.41) is 6.73. The van der Waals surface area contributed by atoms with Gasteiger partial charge >= 0.3 is 12.6 Å². The molecule has 16 heteroatoms. The van der Waals surface area contributed by atoms with Crippen LogP contribution < -0.4 is 15.4 Å². The highest BCUT2D eigenvalue weighted by Crippen LogP contribution is 2.26. The monoisotopic (exact) mass is 662 g/mol. The number of benzene rings is 2. The summed E-state index contributed by atoms with van der Waals surface area (Å²) < 4.78 is 68.0. The number of morpholine rings is 1. The number of nitrogens with one attached hydrogen (secondary N) is 2. The zero-order valence-corrected chi connectivity index (χ0v) is 25.2. The van der Waals surface area contributed by atoms with E-state index in [1.807, 2.05) is 0 Å². The predicted molar refractivity (Wildman–Crippen MR) is 159 cm³/mol. The number of halogens is 2. The molecule has 1 aliphatic heterocycles. The molecule has 4 aromatic rings. The van der Waals surface area contributed by atoms with E-state index in [2.05, 4.69) is 20.4 Å². The number of carbonyl (C=O) groups is 3. The van der Waals surface area contributed by atoms with Gasteiger partial charge in [0.05, 0.1) is 24.7 Å². The van der Waals surface area contributed by atoms with Gasteiger partial charge in [0, 0.05) is 23.5 Å². The molecule has 3 amide bonds. The molecule has 238 valence electrons. The van der Waals surface area contributed by atoms with E-state index in [9.17, 15) is 31.6 Å². The van der Waals surface area contributed by atoms with Crippen molar-refractivity contribution in [2.75, 3.05) is 32.1 Å². The summed E-state index contributed by atoms with van der Waals surface area (Å²) in [6, 6.07) is 11.6. The van der Waals surface area contributed by atoms with Crippen molar-refractivity contribution in [2.45, 2.75) is 24.4 Å². The maximum Gasteiger partial charge on any atom is 0.387 e. The van der Waals surface area contributed by atoms with E-state index >= 15 is 0 Å². The fourth-order valence-electron chi connectivity index (χ4n) is 4.64. The molecule has 2 aromatic heterocycles. The number of fused-ring (bicyclic) bond motifs is 1. The number of rotatable bonds is 12. The number of thiophene rings is 1. The first kappa shape index (κ1) is 32.0. The topological polar surface area (TPSA) is 157 Å². The molecule has 3 heterocycles. The van der Waals surface area contributed by atoms with Crippen LogP contribution in [0.5, 0.6) is 5.75 Å². The van der Waals surface area contributed by atoms with Gasteiger partial charge in [-0.1, -0.05) is 36.4 Å². The fourth-order valence-corrected chi connectivity index (χ4v) is 6.99. The number of urea groups is 1. The minimum absolute atomic E-state index is 0.0564. The molecule has 45 heavy (non-hydrogen) atoms. The van der Waals surface area contributed by atoms with Crippen LogP contribution in [-0.4, -0.2) is 80.7 Å². The Labute approximate surface area is 260 Å². The van der Waals surface area contributed by atoms with E-state index in [0.717, 1.165) is 11.3 Å². The van der Waals surface area contributed by atoms with Gasteiger partial charge in [-0.15, -0.1) is 11.3 Å². The van der Waals surface area contributed by atoms with Crippen LogP contribution in [0.4, 0.5) is 13.6 Å². The maximum absolute atomic E-state index is 13.8. The molecule has 12 nitrogen and oxygen atoms in total. The van der Waals surface area contributed by atoms with Crippen molar-refractivity contribution in [3.63, 3.8) is 0 Å². The zero-order valence-electron chi connectivity index (χ0n) is 23.6. The molecule has 1 fully saturated rings. The smallest absolute Gasteiger partial charge is 0.387 e. The summed E-state index contributed by atoms with van der Waals surface area (Å²) in [6.07, 6.45) is 0. The van der Waals surface area contributed by atoms with Crippen molar-refractivity contribution in [2.24, 2.45) is 0 Å². The van der Waals surface area contributed by atoms with Gasteiger partial charge in [0.1, 0.15) is 23.3 Å². The minimum Gasteiger partial charge on any atom is -0.435 e. The first-order chi connectivity index (χ1) is 21.6. The zero-order chi connectivity index (χ0) is 32.0.